The van der Waals surface area contributed by atoms with Crippen LogP contribution in [0.1, 0.15) is 17.8 Å². The zero-order chi connectivity index (χ0) is 6.97. The van der Waals surface area contributed by atoms with Crippen LogP contribution >= 0.6 is 34.1 Å². The van der Waals surface area contributed by atoms with Gasteiger partial charge in [-0.15, -0.1) is 0 Å². The minimum Gasteiger partial charge on any atom is -0.215 e. The van der Waals surface area contributed by atoms with Gasteiger partial charge in [-0.05, 0) is 30.3 Å². The van der Waals surface area contributed by atoms with E-state index in [9.17, 15) is 0 Å². The smallest absolute Gasteiger partial charge is 0.203 e. The van der Waals surface area contributed by atoms with Gasteiger partial charge in [-0.1, -0.05) is 0 Å². The topological polar surface area (TPSA) is 25.8 Å². The van der Waals surface area contributed by atoms with E-state index in [0.717, 1.165) is 9.75 Å². The average molecular weight is 266 g/mol. The van der Waals surface area contributed by atoms with Gasteiger partial charge in [0.2, 0.25) is 3.83 Å². The Kier molecular flexibility index (Phi) is 1.90. The Morgan fingerprint density at radius 2 is 2.40 bits per heavy atom. The quantitative estimate of drug-likeness (QED) is 0.766. The summed E-state index contributed by atoms with van der Waals surface area (Å²) >= 11 is 3.71. The molecule has 1 heterocycles. The Labute approximate surface area is 77.4 Å². The summed E-state index contributed by atoms with van der Waals surface area (Å²) in [6.07, 6.45) is 3.97. The summed E-state index contributed by atoms with van der Waals surface area (Å²) < 4.78 is 5.02. The third-order valence-electron chi connectivity index (χ3n) is 1.60. The SMILES string of the molecule is Ic1nsc(CC2CC2)n1. The van der Waals surface area contributed by atoms with Gasteiger partial charge in [-0.25, -0.2) is 4.98 Å². The van der Waals surface area contributed by atoms with E-state index < -0.39 is 0 Å². The summed E-state index contributed by atoms with van der Waals surface area (Å²) in [6, 6.07) is 0. The first kappa shape index (κ1) is 6.97. The largest absolute Gasteiger partial charge is 0.215 e. The molecule has 0 atom stereocenters. The van der Waals surface area contributed by atoms with Gasteiger partial charge in [0.1, 0.15) is 5.01 Å². The molecule has 0 aliphatic heterocycles. The molecule has 0 bridgehead atoms. The molecule has 0 N–H and O–H groups in total. The molecular formula is C6H7IN2S. The molecule has 2 rings (SSSR count). The highest BCUT2D eigenvalue weighted by Gasteiger charge is 2.22. The van der Waals surface area contributed by atoms with Crippen LogP contribution in [0.3, 0.4) is 0 Å². The Balaban J connectivity index is 2.03. The lowest BCUT2D eigenvalue weighted by Gasteiger charge is -1.85. The number of hydrogen-bond acceptors (Lipinski definition) is 3. The molecule has 1 aliphatic carbocycles. The van der Waals surface area contributed by atoms with Crippen LogP contribution in [-0.4, -0.2) is 9.36 Å². The summed E-state index contributed by atoms with van der Waals surface area (Å²) in [7, 11) is 0. The normalized spacial score (nSPS) is 17.7. The lowest BCUT2D eigenvalue weighted by molar-refractivity contribution is 0.821. The molecule has 1 fully saturated rings. The number of nitrogens with zero attached hydrogens (tertiary/aromatic N) is 2. The Bertz CT molecular complexity index is 231. The van der Waals surface area contributed by atoms with E-state index in [4.69, 9.17) is 0 Å². The fraction of sp³-hybridized carbons (Fsp3) is 0.667. The van der Waals surface area contributed by atoms with Crippen LogP contribution in [0.2, 0.25) is 0 Å². The number of hydrogen-bond donors (Lipinski definition) is 0. The van der Waals surface area contributed by atoms with Crippen molar-refractivity contribution in [2.24, 2.45) is 5.92 Å². The molecule has 1 aromatic rings. The maximum atomic E-state index is 4.28. The van der Waals surface area contributed by atoms with Crippen molar-refractivity contribution in [3.05, 3.63) is 8.84 Å². The number of aromatic nitrogens is 2. The van der Waals surface area contributed by atoms with E-state index >= 15 is 0 Å². The van der Waals surface area contributed by atoms with E-state index in [1.54, 1.807) is 11.5 Å². The van der Waals surface area contributed by atoms with Gasteiger partial charge in [0.05, 0.1) is 0 Å². The van der Waals surface area contributed by atoms with E-state index in [2.05, 4.69) is 31.9 Å². The molecule has 1 aromatic heterocycles. The number of rotatable bonds is 2. The molecule has 0 aromatic carbocycles. The predicted octanol–water partition coefficient (Wildman–Crippen LogP) is 2.10. The van der Waals surface area contributed by atoms with Crippen LogP contribution < -0.4 is 0 Å². The maximum Gasteiger partial charge on any atom is 0.203 e. The zero-order valence-corrected chi connectivity index (χ0v) is 8.35. The van der Waals surface area contributed by atoms with Crippen molar-refractivity contribution in [3.63, 3.8) is 0 Å². The summed E-state index contributed by atoms with van der Waals surface area (Å²) in [6.45, 7) is 0. The van der Waals surface area contributed by atoms with Gasteiger partial charge in [0.15, 0.2) is 0 Å². The standard InChI is InChI=1S/C6H7IN2S/c7-6-8-5(10-9-6)3-4-1-2-4/h4H,1-3H2. The minimum atomic E-state index is 0.901. The highest BCUT2D eigenvalue weighted by molar-refractivity contribution is 14.1. The summed E-state index contributed by atoms with van der Waals surface area (Å²) in [5, 5.41) is 1.21. The molecule has 2 nitrogen and oxygen atoms in total. The van der Waals surface area contributed by atoms with Gasteiger partial charge < -0.3 is 0 Å². The average Bonchev–Trinajstić information content (AvgIpc) is 2.59. The van der Waals surface area contributed by atoms with Gasteiger partial charge in [-0.3, -0.25) is 0 Å². The van der Waals surface area contributed by atoms with Crippen molar-refractivity contribution in [2.45, 2.75) is 19.3 Å². The van der Waals surface area contributed by atoms with Crippen molar-refractivity contribution in [3.8, 4) is 0 Å². The van der Waals surface area contributed by atoms with Gasteiger partial charge in [0.25, 0.3) is 0 Å². The van der Waals surface area contributed by atoms with Crippen LogP contribution in [0.5, 0.6) is 0 Å². The highest BCUT2D eigenvalue weighted by Crippen LogP contribution is 2.32. The highest BCUT2D eigenvalue weighted by atomic mass is 127. The van der Waals surface area contributed by atoms with Crippen LogP contribution in [0, 0.1) is 9.75 Å². The second-order valence-electron chi connectivity index (χ2n) is 2.60. The second-order valence-corrected chi connectivity index (χ2v) is 4.41. The molecule has 4 heteroatoms. The zero-order valence-electron chi connectivity index (χ0n) is 5.38. The Morgan fingerprint density at radius 1 is 1.60 bits per heavy atom. The van der Waals surface area contributed by atoms with Crippen molar-refractivity contribution in [1.29, 1.82) is 0 Å². The lowest BCUT2D eigenvalue weighted by Crippen LogP contribution is -1.84. The fourth-order valence-corrected chi connectivity index (χ4v) is 2.30. The van der Waals surface area contributed by atoms with Crippen LogP contribution in [0.15, 0.2) is 0 Å². The van der Waals surface area contributed by atoms with Crippen LogP contribution in [0.4, 0.5) is 0 Å². The maximum absolute atomic E-state index is 4.28. The molecule has 10 heavy (non-hydrogen) atoms. The summed E-state index contributed by atoms with van der Waals surface area (Å²) in [5.74, 6) is 0.934. The third kappa shape index (κ3) is 1.66. The van der Waals surface area contributed by atoms with Crippen LogP contribution in [-0.2, 0) is 6.42 Å². The molecule has 0 spiro atoms. The van der Waals surface area contributed by atoms with Crippen molar-refractivity contribution in [1.82, 2.24) is 9.36 Å². The lowest BCUT2D eigenvalue weighted by atomic mass is 10.3. The second kappa shape index (κ2) is 2.73. The first-order valence-electron chi connectivity index (χ1n) is 3.32. The van der Waals surface area contributed by atoms with Crippen molar-refractivity contribution >= 4 is 34.1 Å². The van der Waals surface area contributed by atoms with Crippen molar-refractivity contribution < 1.29 is 0 Å². The van der Waals surface area contributed by atoms with E-state index in [1.807, 2.05) is 0 Å². The van der Waals surface area contributed by atoms with Gasteiger partial charge in [-0.2, -0.15) is 4.37 Å². The van der Waals surface area contributed by atoms with Crippen molar-refractivity contribution in [2.75, 3.05) is 0 Å². The molecular weight excluding hydrogens is 259 g/mol. The molecule has 0 saturated heterocycles. The molecule has 0 unspecified atom stereocenters. The first-order valence-corrected chi connectivity index (χ1v) is 5.18. The predicted molar refractivity (Wildman–Crippen MR) is 49.1 cm³/mol. The first-order chi connectivity index (χ1) is 4.84. The summed E-state index contributed by atoms with van der Waals surface area (Å²) in [5.41, 5.74) is 0. The van der Waals surface area contributed by atoms with E-state index in [0.29, 0.717) is 0 Å². The van der Waals surface area contributed by atoms with E-state index in [-0.39, 0.29) is 0 Å². The molecule has 0 radical (unpaired) electrons. The Hall–Kier alpha value is 0.290. The fourth-order valence-electron chi connectivity index (χ4n) is 0.886. The monoisotopic (exact) mass is 266 g/mol. The van der Waals surface area contributed by atoms with E-state index in [1.165, 1.54) is 24.3 Å². The summed E-state index contributed by atoms with van der Waals surface area (Å²) in [4.78, 5) is 4.28. The molecule has 1 saturated carbocycles. The minimum absolute atomic E-state index is 0.901. The van der Waals surface area contributed by atoms with Gasteiger partial charge in [0, 0.05) is 29.0 Å². The molecule has 1 aliphatic rings. The van der Waals surface area contributed by atoms with Gasteiger partial charge >= 0.3 is 0 Å². The molecule has 0 amide bonds. The van der Waals surface area contributed by atoms with Crippen LogP contribution in [0.25, 0.3) is 0 Å². The molecule has 54 valence electrons. The Morgan fingerprint density at radius 3 is 2.90 bits per heavy atom. The third-order valence-corrected chi connectivity index (χ3v) is 3.15. The number of halogens is 1.